The molecule has 0 spiro atoms. The monoisotopic (exact) mass is 258 g/mol. The van der Waals surface area contributed by atoms with E-state index >= 15 is 0 Å². The Labute approximate surface area is 110 Å². The number of fused-ring (bicyclic) bond motifs is 1. The summed E-state index contributed by atoms with van der Waals surface area (Å²) in [6.07, 6.45) is 2.85. The van der Waals surface area contributed by atoms with Crippen LogP contribution in [0, 0.1) is 0 Å². The van der Waals surface area contributed by atoms with Crippen LogP contribution in [-0.2, 0) is 17.8 Å². The molecule has 3 rings (SSSR count). The highest BCUT2D eigenvalue weighted by atomic mass is 16.5. The fourth-order valence-electron chi connectivity index (χ4n) is 2.11. The van der Waals surface area contributed by atoms with Gasteiger partial charge in [-0.05, 0) is 24.1 Å². The van der Waals surface area contributed by atoms with Crippen molar-refractivity contribution < 1.29 is 9.32 Å². The number of hydrogen-bond donors (Lipinski definition) is 3. The highest BCUT2D eigenvalue weighted by Crippen LogP contribution is 2.31. The zero-order valence-electron chi connectivity index (χ0n) is 10.3. The van der Waals surface area contributed by atoms with E-state index in [-0.39, 0.29) is 5.91 Å². The van der Waals surface area contributed by atoms with Crippen LogP contribution in [0.15, 0.2) is 28.9 Å². The summed E-state index contributed by atoms with van der Waals surface area (Å²) in [5.74, 6) is 0.777. The summed E-state index contributed by atoms with van der Waals surface area (Å²) < 4.78 is 5.01. The van der Waals surface area contributed by atoms with Gasteiger partial charge in [0.25, 0.3) is 0 Å². The van der Waals surface area contributed by atoms with Gasteiger partial charge >= 0.3 is 0 Å². The first-order valence-corrected chi connectivity index (χ1v) is 6.08. The van der Waals surface area contributed by atoms with Gasteiger partial charge in [0.2, 0.25) is 5.91 Å². The van der Waals surface area contributed by atoms with Crippen LogP contribution in [0.4, 0.5) is 17.1 Å². The summed E-state index contributed by atoms with van der Waals surface area (Å²) >= 11 is 0. The summed E-state index contributed by atoms with van der Waals surface area (Å²) in [6.45, 7) is 0.523. The first kappa shape index (κ1) is 11.6. The Morgan fingerprint density at radius 3 is 3.11 bits per heavy atom. The van der Waals surface area contributed by atoms with E-state index in [0.717, 1.165) is 29.1 Å². The molecule has 1 amide bonds. The minimum atomic E-state index is 0.0364. The van der Waals surface area contributed by atoms with Crippen LogP contribution in [0.1, 0.15) is 17.7 Å². The lowest BCUT2D eigenvalue weighted by Gasteiger charge is -2.19. The fourth-order valence-corrected chi connectivity index (χ4v) is 2.11. The number of carbonyl (C=O) groups is 1. The molecule has 1 aliphatic heterocycles. The molecule has 6 heteroatoms. The van der Waals surface area contributed by atoms with E-state index in [9.17, 15) is 4.79 Å². The van der Waals surface area contributed by atoms with E-state index in [1.807, 2.05) is 6.07 Å². The number of hydrogen-bond acceptors (Lipinski definition) is 5. The fraction of sp³-hybridized carbons (Fsp3) is 0.231. The third kappa shape index (κ3) is 2.37. The van der Waals surface area contributed by atoms with Gasteiger partial charge in [-0.2, -0.15) is 0 Å². The number of amides is 1. The van der Waals surface area contributed by atoms with Crippen molar-refractivity contribution in [3.63, 3.8) is 0 Å². The molecule has 0 saturated carbocycles. The lowest BCUT2D eigenvalue weighted by Crippen LogP contribution is -2.19. The lowest BCUT2D eigenvalue weighted by molar-refractivity contribution is -0.116. The highest BCUT2D eigenvalue weighted by molar-refractivity contribution is 5.95. The summed E-state index contributed by atoms with van der Waals surface area (Å²) in [6, 6.07) is 5.55. The molecule has 19 heavy (non-hydrogen) atoms. The van der Waals surface area contributed by atoms with Crippen molar-refractivity contribution in [2.75, 3.05) is 16.4 Å². The maximum absolute atomic E-state index is 11.3. The number of carbonyl (C=O) groups excluding carboxylic acids is 1. The normalized spacial score (nSPS) is 13.8. The molecule has 0 unspecified atom stereocenters. The average molecular weight is 258 g/mol. The van der Waals surface area contributed by atoms with Gasteiger partial charge in [0, 0.05) is 18.2 Å². The Kier molecular flexibility index (Phi) is 2.83. The Balaban J connectivity index is 1.80. The van der Waals surface area contributed by atoms with E-state index in [2.05, 4.69) is 15.8 Å². The smallest absolute Gasteiger partial charge is 0.224 e. The molecule has 0 fully saturated rings. The number of nitrogen functional groups attached to an aromatic ring is 1. The van der Waals surface area contributed by atoms with E-state index in [0.29, 0.717) is 18.7 Å². The van der Waals surface area contributed by atoms with Crippen LogP contribution in [0.3, 0.4) is 0 Å². The predicted octanol–water partition coefficient (Wildman–Crippen LogP) is 1.75. The Bertz CT molecular complexity index is 607. The summed E-state index contributed by atoms with van der Waals surface area (Å²) in [5, 5.41) is 9.67. The van der Waals surface area contributed by atoms with E-state index < -0.39 is 0 Å². The van der Waals surface area contributed by atoms with Crippen molar-refractivity contribution >= 4 is 23.0 Å². The van der Waals surface area contributed by atoms with Crippen LogP contribution in [-0.4, -0.2) is 11.1 Å². The first-order valence-electron chi connectivity index (χ1n) is 6.08. The number of nitrogens with zero attached hydrogens (tertiary/aromatic N) is 1. The van der Waals surface area contributed by atoms with Crippen LogP contribution in [0.5, 0.6) is 0 Å². The maximum atomic E-state index is 11.3. The molecule has 0 saturated heterocycles. The first-order chi connectivity index (χ1) is 9.22. The Morgan fingerprint density at radius 2 is 2.32 bits per heavy atom. The largest absolute Gasteiger partial charge is 0.397 e. The standard InChI is InChI=1S/C13H14N4O2/c14-10-6-11-8(1-2-13(18)17-11)5-12(10)15-7-9-3-4-16-19-9/h3-6,15H,1-2,7,14H2,(H,17,18). The second-order valence-corrected chi connectivity index (χ2v) is 4.48. The second kappa shape index (κ2) is 4.64. The van der Waals surface area contributed by atoms with Crippen LogP contribution < -0.4 is 16.4 Å². The Morgan fingerprint density at radius 1 is 1.42 bits per heavy atom. The predicted molar refractivity (Wildman–Crippen MR) is 71.6 cm³/mol. The van der Waals surface area contributed by atoms with Crippen LogP contribution >= 0.6 is 0 Å². The molecule has 0 radical (unpaired) electrons. The molecular formula is C13H14N4O2. The SMILES string of the molecule is Nc1cc2c(cc1NCc1ccno1)CCC(=O)N2. The quantitative estimate of drug-likeness (QED) is 0.729. The minimum Gasteiger partial charge on any atom is -0.397 e. The molecule has 2 aromatic rings. The third-order valence-corrected chi connectivity index (χ3v) is 3.12. The van der Waals surface area contributed by atoms with E-state index in [1.165, 1.54) is 0 Å². The van der Waals surface area contributed by atoms with Crippen molar-refractivity contribution in [1.29, 1.82) is 0 Å². The van der Waals surface area contributed by atoms with Gasteiger partial charge < -0.3 is 20.9 Å². The van der Waals surface area contributed by atoms with Gasteiger partial charge in [-0.1, -0.05) is 5.16 Å². The van der Waals surface area contributed by atoms with Crippen molar-refractivity contribution in [3.8, 4) is 0 Å². The van der Waals surface area contributed by atoms with Crippen molar-refractivity contribution in [2.45, 2.75) is 19.4 Å². The molecule has 6 nitrogen and oxygen atoms in total. The average Bonchev–Trinajstić information content (AvgIpc) is 2.89. The minimum absolute atomic E-state index is 0.0364. The number of benzene rings is 1. The number of anilines is 3. The molecule has 98 valence electrons. The Hall–Kier alpha value is -2.50. The van der Waals surface area contributed by atoms with Gasteiger partial charge in [0.1, 0.15) is 0 Å². The molecule has 0 atom stereocenters. The molecule has 0 aliphatic carbocycles. The molecular weight excluding hydrogens is 244 g/mol. The molecule has 4 N–H and O–H groups in total. The number of aryl methyl sites for hydroxylation is 1. The molecule has 0 bridgehead atoms. The number of aromatic nitrogens is 1. The zero-order valence-corrected chi connectivity index (χ0v) is 10.3. The van der Waals surface area contributed by atoms with Crippen molar-refractivity contribution in [2.24, 2.45) is 0 Å². The van der Waals surface area contributed by atoms with Crippen molar-refractivity contribution in [1.82, 2.24) is 5.16 Å². The molecule has 1 aromatic heterocycles. The van der Waals surface area contributed by atoms with Crippen LogP contribution in [0.25, 0.3) is 0 Å². The van der Waals surface area contributed by atoms with Gasteiger partial charge in [-0.25, -0.2) is 0 Å². The molecule has 1 aliphatic rings. The summed E-state index contributed by atoms with van der Waals surface area (Å²) in [7, 11) is 0. The number of nitrogens with two attached hydrogens (primary N) is 1. The summed E-state index contributed by atoms with van der Waals surface area (Å²) in [4.78, 5) is 11.3. The molecule has 1 aromatic carbocycles. The third-order valence-electron chi connectivity index (χ3n) is 3.12. The highest BCUT2D eigenvalue weighted by Gasteiger charge is 2.16. The van der Waals surface area contributed by atoms with Gasteiger partial charge in [0.05, 0.1) is 24.1 Å². The number of nitrogens with one attached hydrogen (secondary N) is 2. The van der Waals surface area contributed by atoms with Crippen LogP contribution in [0.2, 0.25) is 0 Å². The van der Waals surface area contributed by atoms with E-state index in [4.69, 9.17) is 10.3 Å². The topological polar surface area (TPSA) is 93.2 Å². The van der Waals surface area contributed by atoms with Gasteiger partial charge in [-0.15, -0.1) is 0 Å². The zero-order chi connectivity index (χ0) is 13.2. The molecule has 2 heterocycles. The number of rotatable bonds is 3. The van der Waals surface area contributed by atoms with E-state index in [1.54, 1.807) is 18.3 Å². The van der Waals surface area contributed by atoms with Gasteiger partial charge in [-0.3, -0.25) is 4.79 Å². The van der Waals surface area contributed by atoms with Gasteiger partial charge in [0.15, 0.2) is 5.76 Å². The second-order valence-electron chi connectivity index (χ2n) is 4.48. The summed E-state index contributed by atoms with van der Waals surface area (Å²) in [5.41, 5.74) is 9.30. The lowest BCUT2D eigenvalue weighted by atomic mass is 10.0. The maximum Gasteiger partial charge on any atom is 0.224 e. The van der Waals surface area contributed by atoms with Crippen molar-refractivity contribution in [3.05, 3.63) is 35.7 Å².